The molecule has 1 unspecified atom stereocenters. The Morgan fingerprint density at radius 3 is 3.00 bits per heavy atom. The van der Waals surface area contributed by atoms with Crippen molar-refractivity contribution in [3.8, 4) is 11.5 Å². The van der Waals surface area contributed by atoms with Crippen LogP contribution in [0, 0.1) is 0 Å². The lowest BCUT2D eigenvalue weighted by atomic mass is 10.0. The molecular formula is C13H12O5. The van der Waals surface area contributed by atoms with Crippen LogP contribution >= 0.6 is 0 Å². The van der Waals surface area contributed by atoms with Crippen molar-refractivity contribution in [1.29, 1.82) is 0 Å². The van der Waals surface area contributed by atoms with E-state index < -0.39 is 12.1 Å². The average Bonchev–Trinajstić information content (AvgIpc) is 2.35. The van der Waals surface area contributed by atoms with Gasteiger partial charge in [-0.1, -0.05) is 0 Å². The highest BCUT2D eigenvalue weighted by Crippen LogP contribution is 2.29. The van der Waals surface area contributed by atoms with Crippen LogP contribution in [0.1, 0.15) is 5.56 Å². The number of methoxy groups -OCH3 is 1. The fourth-order valence-electron chi connectivity index (χ4n) is 1.74. The summed E-state index contributed by atoms with van der Waals surface area (Å²) in [4.78, 5) is 22.2. The van der Waals surface area contributed by atoms with E-state index >= 15 is 0 Å². The summed E-state index contributed by atoms with van der Waals surface area (Å²) in [5.74, 6) is -0.0414. The van der Waals surface area contributed by atoms with Crippen LogP contribution in [0.25, 0.3) is 0 Å². The number of aliphatic carboxylic acids is 1. The van der Waals surface area contributed by atoms with E-state index in [1.54, 1.807) is 25.3 Å². The zero-order chi connectivity index (χ0) is 13.1. The van der Waals surface area contributed by atoms with Crippen LogP contribution < -0.4 is 9.47 Å². The van der Waals surface area contributed by atoms with Crippen LogP contribution in [-0.2, 0) is 16.0 Å². The summed E-state index contributed by atoms with van der Waals surface area (Å²) in [6.45, 7) is 0. The number of benzene rings is 1. The second-order valence-corrected chi connectivity index (χ2v) is 3.85. The van der Waals surface area contributed by atoms with Crippen LogP contribution in [-0.4, -0.2) is 30.1 Å². The molecule has 0 bridgehead atoms. The van der Waals surface area contributed by atoms with Gasteiger partial charge in [-0.2, -0.15) is 0 Å². The van der Waals surface area contributed by atoms with E-state index in [4.69, 9.17) is 14.6 Å². The number of hydrogen-bond acceptors (Lipinski definition) is 4. The third-order valence-electron chi connectivity index (χ3n) is 2.62. The molecule has 1 aromatic carbocycles. The molecule has 0 spiro atoms. The lowest BCUT2D eigenvalue weighted by Crippen LogP contribution is -2.31. The molecule has 5 nitrogen and oxygen atoms in total. The summed E-state index contributed by atoms with van der Waals surface area (Å²) in [6.07, 6.45) is 1.54. The van der Waals surface area contributed by atoms with Gasteiger partial charge in [-0.25, -0.2) is 4.79 Å². The van der Waals surface area contributed by atoms with Crippen molar-refractivity contribution < 1.29 is 24.2 Å². The van der Waals surface area contributed by atoms with Gasteiger partial charge in [0.25, 0.3) is 0 Å². The van der Waals surface area contributed by atoms with Gasteiger partial charge in [-0.3, -0.25) is 4.79 Å². The van der Waals surface area contributed by atoms with Crippen LogP contribution in [0.3, 0.4) is 0 Å². The zero-order valence-corrected chi connectivity index (χ0v) is 9.75. The molecule has 1 aliphatic rings. The van der Waals surface area contributed by atoms with Gasteiger partial charge in [-0.05, 0) is 24.3 Å². The van der Waals surface area contributed by atoms with E-state index in [-0.39, 0.29) is 12.2 Å². The largest absolute Gasteiger partial charge is 0.497 e. The van der Waals surface area contributed by atoms with Crippen molar-refractivity contribution in [2.75, 3.05) is 7.11 Å². The van der Waals surface area contributed by atoms with Crippen molar-refractivity contribution in [3.63, 3.8) is 0 Å². The minimum atomic E-state index is -1.10. The second kappa shape index (κ2) is 4.91. The van der Waals surface area contributed by atoms with Gasteiger partial charge in [0.05, 0.1) is 7.11 Å². The molecule has 1 heterocycles. The normalized spacial score (nSPS) is 18.3. The topological polar surface area (TPSA) is 72.8 Å². The fourth-order valence-corrected chi connectivity index (χ4v) is 1.74. The van der Waals surface area contributed by atoms with Gasteiger partial charge in [0.15, 0.2) is 11.9 Å². The van der Waals surface area contributed by atoms with Gasteiger partial charge in [0.1, 0.15) is 11.5 Å². The summed E-state index contributed by atoms with van der Waals surface area (Å²) in [5.41, 5.74) is 0.749. The minimum absolute atomic E-state index is 0.173. The minimum Gasteiger partial charge on any atom is -0.497 e. The molecule has 0 fully saturated rings. The number of carbonyl (C=O) groups excluding carboxylic acids is 1. The maximum atomic E-state index is 11.8. The summed E-state index contributed by atoms with van der Waals surface area (Å²) >= 11 is 0. The lowest BCUT2D eigenvalue weighted by Gasteiger charge is -2.23. The van der Waals surface area contributed by atoms with E-state index in [0.717, 1.165) is 11.6 Å². The van der Waals surface area contributed by atoms with Crippen LogP contribution in [0.4, 0.5) is 0 Å². The molecule has 0 radical (unpaired) electrons. The Balaban J connectivity index is 2.23. The third kappa shape index (κ3) is 2.51. The monoisotopic (exact) mass is 248 g/mol. The molecule has 18 heavy (non-hydrogen) atoms. The first-order chi connectivity index (χ1) is 8.60. The summed E-state index contributed by atoms with van der Waals surface area (Å²) in [7, 11) is 1.55. The summed E-state index contributed by atoms with van der Waals surface area (Å²) in [6, 6.07) is 5.18. The molecule has 5 heteroatoms. The van der Waals surface area contributed by atoms with Gasteiger partial charge >= 0.3 is 5.97 Å². The molecule has 1 aromatic rings. The number of carbonyl (C=O) groups is 2. The van der Waals surface area contributed by atoms with E-state index in [2.05, 4.69) is 0 Å². The van der Waals surface area contributed by atoms with E-state index in [1.165, 1.54) is 6.08 Å². The highest BCUT2D eigenvalue weighted by atomic mass is 16.5. The maximum absolute atomic E-state index is 11.8. The predicted octanol–water partition coefficient (Wildman–Crippen LogP) is 1.21. The molecular weight excluding hydrogens is 236 g/mol. The Morgan fingerprint density at radius 1 is 1.56 bits per heavy atom. The molecule has 94 valence electrons. The molecule has 1 N–H and O–H groups in total. The molecule has 2 rings (SSSR count). The highest BCUT2D eigenvalue weighted by Gasteiger charge is 2.26. The Bertz CT molecular complexity index is 518. The van der Waals surface area contributed by atoms with E-state index in [0.29, 0.717) is 11.5 Å². The number of ether oxygens (including phenoxy) is 2. The molecule has 0 amide bonds. The Kier molecular flexibility index (Phi) is 3.32. The molecule has 0 saturated carbocycles. The van der Waals surface area contributed by atoms with Gasteiger partial charge in [0, 0.05) is 18.1 Å². The Labute approximate surface area is 104 Å². The van der Waals surface area contributed by atoms with Crippen molar-refractivity contribution in [3.05, 3.63) is 35.9 Å². The first-order valence-electron chi connectivity index (χ1n) is 5.37. The number of carboxylic acids is 1. The van der Waals surface area contributed by atoms with Gasteiger partial charge in [0.2, 0.25) is 0 Å². The SMILES string of the molecule is COc1ccc2c(c1)CC(=O)C(C=CC(=O)O)O2. The number of fused-ring (bicyclic) bond motifs is 1. The predicted molar refractivity (Wildman–Crippen MR) is 62.9 cm³/mol. The number of ketones is 1. The molecule has 0 saturated heterocycles. The first kappa shape index (κ1) is 12.2. The molecule has 1 aliphatic heterocycles. The van der Waals surface area contributed by atoms with E-state index in [1.807, 2.05) is 0 Å². The quantitative estimate of drug-likeness (QED) is 0.814. The number of hydrogen-bond donors (Lipinski definition) is 1. The number of Topliss-reactive ketones (excluding diaryl/α,β-unsaturated/α-hetero) is 1. The fraction of sp³-hybridized carbons (Fsp3) is 0.231. The molecule has 0 aromatic heterocycles. The van der Waals surface area contributed by atoms with Crippen molar-refractivity contribution >= 4 is 11.8 Å². The standard InChI is InChI=1S/C13H12O5/c1-17-9-2-3-11-8(6-9)7-10(14)12(18-11)4-5-13(15)16/h2-6,12H,7H2,1H3,(H,15,16). The zero-order valence-electron chi connectivity index (χ0n) is 9.75. The second-order valence-electron chi connectivity index (χ2n) is 3.85. The number of rotatable bonds is 3. The Hall–Kier alpha value is -2.30. The number of carboxylic acid groups (broad SMARTS) is 1. The smallest absolute Gasteiger partial charge is 0.328 e. The van der Waals surface area contributed by atoms with Gasteiger partial charge < -0.3 is 14.6 Å². The Morgan fingerprint density at radius 2 is 2.33 bits per heavy atom. The summed E-state index contributed by atoms with van der Waals surface area (Å²) < 4.78 is 10.5. The van der Waals surface area contributed by atoms with Crippen molar-refractivity contribution in [2.45, 2.75) is 12.5 Å². The molecule has 1 atom stereocenters. The lowest BCUT2D eigenvalue weighted by molar-refractivity contribution is -0.131. The van der Waals surface area contributed by atoms with Crippen LogP contribution in [0.15, 0.2) is 30.4 Å². The first-order valence-corrected chi connectivity index (χ1v) is 5.37. The van der Waals surface area contributed by atoms with E-state index in [9.17, 15) is 9.59 Å². The average molecular weight is 248 g/mol. The van der Waals surface area contributed by atoms with Crippen molar-refractivity contribution in [1.82, 2.24) is 0 Å². The molecule has 0 aliphatic carbocycles. The van der Waals surface area contributed by atoms with Crippen LogP contribution in [0.5, 0.6) is 11.5 Å². The van der Waals surface area contributed by atoms with Crippen molar-refractivity contribution in [2.24, 2.45) is 0 Å². The third-order valence-corrected chi connectivity index (χ3v) is 2.62. The van der Waals surface area contributed by atoms with Crippen LogP contribution in [0.2, 0.25) is 0 Å². The van der Waals surface area contributed by atoms with Gasteiger partial charge in [-0.15, -0.1) is 0 Å². The maximum Gasteiger partial charge on any atom is 0.328 e. The highest BCUT2D eigenvalue weighted by molar-refractivity contribution is 5.91. The summed E-state index contributed by atoms with van der Waals surface area (Å²) in [5, 5.41) is 8.52.